The van der Waals surface area contributed by atoms with Crippen molar-refractivity contribution in [3.8, 4) is 0 Å². The van der Waals surface area contributed by atoms with Gasteiger partial charge in [-0.25, -0.2) is 5.06 Å². The van der Waals surface area contributed by atoms with Crippen LogP contribution < -0.4 is 5.06 Å². The lowest BCUT2D eigenvalue weighted by Crippen LogP contribution is -2.23. The number of hydrogen-bond donors (Lipinski definition) is 1. The van der Waals surface area contributed by atoms with E-state index in [0.29, 0.717) is 5.69 Å². The van der Waals surface area contributed by atoms with Crippen molar-refractivity contribution in [3.05, 3.63) is 30.3 Å². The molecule has 0 saturated heterocycles. The van der Waals surface area contributed by atoms with Gasteiger partial charge in [0.15, 0.2) is 0 Å². The van der Waals surface area contributed by atoms with Crippen LogP contribution in [0.5, 0.6) is 0 Å². The van der Waals surface area contributed by atoms with Gasteiger partial charge < -0.3 is 0 Å². The second-order valence-corrected chi connectivity index (χ2v) is 2.67. The quantitative estimate of drug-likeness (QED) is 0.628. The maximum Gasteiger partial charge on any atom is 0.243 e. The normalized spacial score (nSPS) is 8.77. The number of halogens is 2. The van der Waals surface area contributed by atoms with E-state index >= 15 is 0 Å². The van der Waals surface area contributed by atoms with Gasteiger partial charge in [0.25, 0.3) is 0 Å². The summed E-state index contributed by atoms with van der Waals surface area (Å²) >= 11 is 5.08. The van der Waals surface area contributed by atoms with Crippen LogP contribution in [-0.4, -0.2) is 17.0 Å². The molecule has 1 N–H and O–H groups in total. The average Bonchev–Trinajstić information content (AvgIpc) is 2.05. The number of carbonyl (C=O) groups is 1. The Morgan fingerprint density at radius 1 is 1.38 bits per heavy atom. The summed E-state index contributed by atoms with van der Waals surface area (Å²) in [4.78, 5) is 10.4. The number of anilines is 1. The van der Waals surface area contributed by atoms with Gasteiger partial charge in [-0.1, -0.05) is 18.2 Å². The van der Waals surface area contributed by atoms with Crippen LogP contribution in [0.4, 0.5) is 5.69 Å². The summed E-state index contributed by atoms with van der Waals surface area (Å²) in [6.07, 6.45) is 0. The molecule has 0 heterocycles. The van der Waals surface area contributed by atoms with Gasteiger partial charge >= 0.3 is 0 Å². The Kier molecular flexibility index (Phi) is 5.46. The highest BCUT2D eigenvalue weighted by atomic mass is 35.5. The van der Waals surface area contributed by atoms with Crippen LogP contribution in [0, 0.1) is 0 Å². The van der Waals surface area contributed by atoms with Gasteiger partial charge in [0.2, 0.25) is 5.24 Å². The van der Waals surface area contributed by atoms with Gasteiger partial charge in [0.1, 0.15) is 6.54 Å². The molecule has 1 aromatic carbocycles. The molecule has 1 rings (SSSR count). The number of benzene rings is 1. The number of hydrogen-bond acceptors (Lipinski definition) is 3. The van der Waals surface area contributed by atoms with Crippen molar-refractivity contribution in [1.29, 1.82) is 0 Å². The van der Waals surface area contributed by atoms with Gasteiger partial charge in [-0.2, -0.15) is 0 Å². The Morgan fingerprint density at radius 2 is 1.92 bits per heavy atom. The third-order valence-electron chi connectivity index (χ3n) is 1.33. The third-order valence-corrected chi connectivity index (χ3v) is 1.45. The van der Waals surface area contributed by atoms with E-state index in [2.05, 4.69) is 0 Å². The Morgan fingerprint density at radius 3 is 2.38 bits per heavy atom. The summed E-state index contributed by atoms with van der Waals surface area (Å²) in [5.41, 5.74) is 0.548. The lowest BCUT2D eigenvalue weighted by molar-refractivity contribution is -0.111. The highest BCUT2D eigenvalue weighted by molar-refractivity contribution is 6.64. The van der Waals surface area contributed by atoms with Crippen LogP contribution in [0.3, 0.4) is 0 Å². The molecule has 3 nitrogen and oxygen atoms in total. The lowest BCUT2D eigenvalue weighted by atomic mass is 10.3. The smallest absolute Gasteiger partial charge is 0.243 e. The fraction of sp³-hybridized carbons (Fsp3) is 0.125. The third kappa shape index (κ3) is 4.12. The fourth-order valence-electron chi connectivity index (χ4n) is 0.809. The van der Waals surface area contributed by atoms with Crippen molar-refractivity contribution < 1.29 is 10.0 Å². The molecular weight excluding hydrogens is 213 g/mol. The predicted molar refractivity (Wildman–Crippen MR) is 53.7 cm³/mol. The van der Waals surface area contributed by atoms with Crippen molar-refractivity contribution in [2.45, 2.75) is 0 Å². The Hall–Kier alpha value is -0.770. The summed E-state index contributed by atoms with van der Waals surface area (Å²) in [6, 6.07) is 8.70. The van der Waals surface area contributed by atoms with E-state index in [4.69, 9.17) is 11.6 Å². The number of nitrogens with zero attached hydrogens (tertiary/aromatic N) is 1. The zero-order valence-electron chi connectivity index (χ0n) is 6.68. The maximum atomic E-state index is 10.4. The average molecular weight is 222 g/mol. The first-order valence-corrected chi connectivity index (χ1v) is 3.78. The van der Waals surface area contributed by atoms with Crippen molar-refractivity contribution in [2.75, 3.05) is 11.6 Å². The van der Waals surface area contributed by atoms with Gasteiger partial charge in [0.05, 0.1) is 5.69 Å². The van der Waals surface area contributed by atoms with Crippen molar-refractivity contribution in [3.63, 3.8) is 0 Å². The molecule has 0 aromatic heterocycles. The fourth-order valence-corrected chi connectivity index (χ4v) is 0.922. The highest BCUT2D eigenvalue weighted by Gasteiger charge is 2.05. The predicted octanol–water partition coefficient (Wildman–Crippen LogP) is 2.07. The highest BCUT2D eigenvalue weighted by Crippen LogP contribution is 2.10. The largest absolute Gasteiger partial charge is 0.288 e. The molecule has 1 aromatic rings. The van der Waals surface area contributed by atoms with Crippen molar-refractivity contribution >= 4 is 34.9 Å². The molecule has 0 amide bonds. The first-order valence-electron chi connectivity index (χ1n) is 3.40. The summed E-state index contributed by atoms with van der Waals surface area (Å²) < 4.78 is 0. The Labute approximate surface area is 87.3 Å². The molecule has 0 aliphatic carbocycles. The van der Waals surface area contributed by atoms with E-state index in [1.165, 1.54) is 0 Å². The minimum absolute atomic E-state index is 0. The van der Waals surface area contributed by atoms with E-state index in [-0.39, 0.29) is 19.0 Å². The van der Waals surface area contributed by atoms with E-state index in [1.54, 1.807) is 24.3 Å². The lowest BCUT2D eigenvalue weighted by Gasteiger charge is -2.13. The number of hydroxylamine groups is 1. The summed E-state index contributed by atoms with van der Waals surface area (Å²) in [5.74, 6) is 0. The molecule has 0 aliphatic rings. The van der Waals surface area contributed by atoms with Crippen LogP contribution in [-0.2, 0) is 4.79 Å². The van der Waals surface area contributed by atoms with Crippen LogP contribution in [0.25, 0.3) is 0 Å². The topological polar surface area (TPSA) is 40.5 Å². The van der Waals surface area contributed by atoms with Gasteiger partial charge in [-0.15, -0.1) is 12.4 Å². The molecular formula is C8H9Cl2NO2. The zero-order chi connectivity index (χ0) is 8.97. The van der Waals surface area contributed by atoms with Crippen LogP contribution in [0.15, 0.2) is 30.3 Å². The monoisotopic (exact) mass is 221 g/mol. The second kappa shape index (κ2) is 5.80. The van der Waals surface area contributed by atoms with Gasteiger partial charge in [-0.3, -0.25) is 10.0 Å². The van der Waals surface area contributed by atoms with Crippen molar-refractivity contribution in [2.24, 2.45) is 0 Å². The number of rotatable bonds is 3. The summed E-state index contributed by atoms with van der Waals surface area (Å²) in [5, 5.41) is 9.42. The van der Waals surface area contributed by atoms with Gasteiger partial charge in [-0.05, 0) is 23.7 Å². The molecule has 0 atom stereocenters. The first-order chi connectivity index (χ1) is 5.70. The van der Waals surface area contributed by atoms with Crippen LogP contribution in [0.1, 0.15) is 0 Å². The van der Waals surface area contributed by atoms with E-state index in [0.717, 1.165) is 5.06 Å². The molecule has 13 heavy (non-hydrogen) atoms. The Balaban J connectivity index is 0.00000144. The van der Waals surface area contributed by atoms with E-state index < -0.39 is 5.24 Å². The molecule has 0 radical (unpaired) electrons. The standard InChI is InChI=1S/C8H8ClNO2.ClH/c9-8(11)6-10(12)7-4-2-1-3-5-7;/h1-5,12H,6H2;1H. The van der Waals surface area contributed by atoms with E-state index in [9.17, 15) is 10.0 Å². The minimum atomic E-state index is -0.596. The molecule has 5 heteroatoms. The maximum absolute atomic E-state index is 10.4. The molecule has 0 aliphatic heterocycles. The summed E-state index contributed by atoms with van der Waals surface area (Å²) in [6.45, 7) is -0.203. The minimum Gasteiger partial charge on any atom is -0.288 e. The van der Waals surface area contributed by atoms with E-state index in [1.807, 2.05) is 6.07 Å². The first kappa shape index (κ1) is 12.2. The van der Waals surface area contributed by atoms with Crippen LogP contribution in [0.2, 0.25) is 0 Å². The zero-order valence-corrected chi connectivity index (χ0v) is 8.26. The SMILES string of the molecule is Cl.O=C(Cl)CN(O)c1ccccc1. The van der Waals surface area contributed by atoms with Crippen LogP contribution >= 0.6 is 24.0 Å². The summed E-state index contributed by atoms with van der Waals surface area (Å²) in [7, 11) is 0. The second-order valence-electron chi connectivity index (χ2n) is 2.25. The molecule has 0 spiro atoms. The number of carbonyl (C=O) groups excluding carboxylic acids is 1. The molecule has 72 valence electrons. The van der Waals surface area contributed by atoms with Crippen molar-refractivity contribution in [1.82, 2.24) is 0 Å². The molecule has 0 bridgehead atoms. The molecule has 0 fully saturated rings. The van der Waals surface area contributed by atoms with Gasteiger partial charge in [0, 0.05) is 0 Å². The Bertz CT molecular complexity index is 266. The molecule has 0 unspecified atom stereocenters. The molecule has 0 saturated carbocycles. The number of para-hydroxylation sites is 1.